The van der Waals surface area contributed by atoms with Gasteiger partial charge in [0.2, 0.25) is 17.6 Å². The van der Waals surface area contributed by atoms with Crippen LogP contribution < -0.4 is 9.47 Å². The highest BCUT2D eigenvalue weighted by molar-refractivity contribution is 5.80. The van der Waals surface area contributed by atoms with Crippen molar-refractivity contribution in [3.63, 3.8) is 0 Å². The van der Waals surface area contributed by atoms with E-state index < -0.39 is 0 Å². The number of carbonyl (C=O) groups is 1. The maximum atomic E-state index is 12.8. The molecule has 33 heavy (non-hydrogen) atoms. The van der Waals surface area contributed by atoms with Crippen molar-refractivity contribution in [1.29, 1.82) is 0 Å². The summed E-state index contributed by atoms with van der Waals surface area (Å²) in [6.45, 7) is 9.08. The van der Waals surface area contributed by atoms with Crippen LogP contribution in [0.2, 0.25) is 0 Å². The molecule has 7 heteroatoms. The van der Waals surface area contributed by atoms with Crippen molar-refractivity contribution in [3.8, 4) is 22.9 Å². The molecule has 1 fully saturated rings. The SMILES string of the molecule is COc1ccc(C(C)N2CC(c3nc(-c4ccc(C(C)(C)C)cc4)no3)CC2=O)cc1OC. The van der Waals surface area contributed by atoms with Crippen LogP contribution in [-0.4, -0.2) is 41.7 Å². The fourth-order valence-electron chi connectivity index (χ4n) is 4.20. The van der Waals surface area contributed by atoms with Crippen LogP contribution in [0.4, 0.5) is 0 Å². The smallest absolute Gasteiger partial charge is 0.232 e. The topological polar surface area (TPSA) is 77.7 Å². The van der Waals surface area contributed by atoms with Crippen LogP contribution in [0.15, 0.2) is 47.0 Å². The van der Waals surface area contributed by atoms with Crippen molar-refractivity contribution in [2.45, 2.75) is 51.5 Å². The number of hydrogen-bond donors (Lipinski definition) is 0. The molecule has 0 aliphatic carbocycles. The van der Waals surface area contributed by atoms with Gasteiger partial charge < -0.3 is 18.9 Å². The molecule has 1 aromatic heterocycles. The Labute approximate surface area is 194 Å². The van der Waals surface area contributed by atoms with E-state index in [-0.39, 0.29) is 23.3 Å². The largest absolute Gasteiger partial charge is 0.493 e. The van der Waals surface area contributed by atoms with Gasteiger partial charge in [0.25, 0.3) is 0 Å². The summed E-state index contributed by atoms with van der Waals surface area (Å²) >= 11 is 0. The molecule has 0 bridgehead atoms. The second kappa shape index (κ2) is 8.89. The predicted molar refractivity (Wildman–Crippen MR) is 125 cm³/mol. The van der Waals surface area contributed by atoms with Crippen molar-refractivity contribution >= 4 is 5.91 Å². The Morgan fingerprint density at radius 1 is 1.06 bits per heavy atom. The quantitative estimate of drug-likeness (QED) is 0.519. The van der Waals surface area contributed by atoms with E-state index >= 15 is 0 Å². The third-order valence-corrected chi connectivity index (χ3v) is 6.32. The number of amides is 1. The molecule has 1 saturated heterocycles. The van der Waals surface area contributed by atoms with Crippen LogP contribution in [-0.2, 0) is 10.2 Å². The number of ether oxygens (including phenoxy) is 2. The van der Waals surface area contributed by atoms with Gasteiger partial charge in [-0.05, 0) is 35.6 Å². The molecule has 2 atom stereocenters. The zero-order valence-corrected chi connectivity index (χ0v) is 20.1. The lowest BCUT2D eigenvalue weighted by Gasteiger charge is -2.25. The zero-order valence-electron chi connectivity index (χ0n) is 20.1. The van der Waals surface area contributed by atoms with Crippen LogP contribution >= 0.6 is 0 Å². The number of likely N-dealkylation sites (tertiary alicyclic amines) is 1. The van der Waals surface area contributed by atoms with Crippen LogP contribution in [0, 0.1) is 0 Å². The van der Waals surface area contributed by atoms with E-state index in [1.165, 1.54) is 5.56 Å². The van der Waals surface area contributed by atoms with E-state index in [0.29, 0.717) is 36.2 Å². The first-order chi connectivity index (χ1) is 15.7. The molecule has 1 aliphatic heterocycles. The third-order valence-electron chi connectivity index (χ3n) is 6.32. The van der Waals surface area contributed by atoms with E-state index in [1.54, 1.807) is 14.2 Å². The number of aromatic nitrogens is 2. The fourth-order valence-corrected chi connectivity index (χ4v) is 4.20. The molecule has 7 nitrogen and oxygen atoms in total. The Morgan fingerprint density at radius 2 is 1.76 bits per heavy atom. The maximum absolute atomic E-state index is 12.8. The van der Waals surface area contributed by atoms with Gasteiger partial charge in [-0.15, -0.1) is 0 Å². The van der Waals surface area contributed by atoms with Crippen molar-refractivity contribution in [3.05, 3.63) is 59.5 Å². The highest BCUT2D eigenvalue weighted by atomic mass is 16.5. The molecule has 0 N–H and O–H groups in total. The van der Waals surface area contributed by atoms with Gasteiger partial charge in [-0.1, -0.05) is 56.3 Å². The maximum Gasteiger partial charge on any atom is 0.232 e. The summed E-state index contributed by atoms with van der Waals surface area (Å²) in [5, 5.41) is 4.17. The number of benzene rings is 2. The molecule has 4 rings (SSSR count). The summed E-state index contributed by atoms with van der Waals surface area (Å²) in [6.07, 6.45) is 0.349. The van der Waals surface area contributed by atoms with Crippen LogP contribution in [0.25, 0.3) is 11.4 Å². The minimum Gasteiger partial charge on any atom is -0.493 e. The summed E-state index contributed by atoms with van der Waals surface area (Å²) in [5.74, 6) is 2.29. The summed E-state index contributed by atoms with van der Waals surface area (Å²) < 4.78 is 16.3. The van der Waals surface area contributed by atoms with E-state index in [1.807, 2.05) is 42.2 Å². The Balaban J connectivity index is 1.49. The molecule has 0 saturated carbocycles. The normalized spacial score (nSPS) is 17.3. The molecular weight excluding hydrogens is 418 g/mol. The van der Waals surface area contributed by atoms with Crippen LogP contribution in [0.5, 0.6) is 11.5 Å². The second-order valence-electron chi connectivity index (χ2n) is 9.52. The number of rotatable bonds is 6. The molecule has 2 aromatic carbocycles. The van der Waals surface area contributed by atoms with Gasteiger partial charge in [-0.25, -0.2) is 0 Å². The minimum atomic E-state index is -0.129. The lowest BCUT2D eigenvalue weighted by molar-refractivity contribution is -0.129. The lowest BCUT2D eigenvalue weighted by Crippen LogP contribution is -2.28. The van der Waals surface area contributed by atoms with Crippen LogP contribution in [0.1, 0.15) is 63.1 Å². The molecular formula is C26H31N3O4. The van der Waals surface area contributed by atoms with E-state index in [2.05, 4.69) is 43.0 Å². The molecule has 174 valence electrons. The number of hydrogen-bond acceptors (Lipinski definition) is 6. The first-order valence-electron chi connectivity index (χ1n) is 11.2. The average Bonchev–Trinajstić information content (AvgIpc) is 3.44. The van der Waals surface area contributed by atoms with Gasteiger partial charge in [0.15, 0.2) is 11.5 Å². The molecule has 3 aromatic rings. The Morgan fingerprint density at radius 3 is 2.39 bits per heavy atom. The van der Waals surface area contributed by atoms with Gasteiger partial charge in [0.1, 0.15) is 0 Å². The zero-order chi connectivity index (χ0) is 23.8. The van der Waals surface area contributed by atoms with Crippen LogP contribution in [0.3, 0.4) is 0 Å². The van der Waals surface area contributed by atoms with E-state index in [4.69, 9.17) is 14.0 Å². The molecule has 2 unspecified atom stereocenters. The lowest BCUT2D eigenvalue weighted by atomic mass is 9.87. The highest BCUT2D eigenvalue weighted by Gasteiger charge is 2.37. The fraction of sp³-hybridized carbons (Fsp3) is 0.423. The standard InChI is InChI=1S/C26H31N3O4/c1-16(18-9-12-21(31-5)22(13-18)32-6)29-15-19(14-23(29)30)25-27-24(28-33-25)17-7-10-20(11-8-17)26(2,3)4/h7-13,16,19H,14-15H2,1-6H3. The second-order valence-corrected chi connectivity index (χ2v) is 9.52. The van der Waals surface area contributed by atoms with Gasteiger partial charge in [0.05, 0.1) is 26.2 Å². The summed E-state index contributed by atoms with van der Waals surface area (Å²) in [4.78, 5) is 19.3. The van der Waals surface area contributed by atoms with Gasteiger partial charge in [0, 0.05) is 18.5 Å². The van der Waals surface area contributed by atoms with Gasteiger partial charge >= 0.3 is 0 Å². The van der Waals surface area contributed by atoms with Gasteiger partial charge in [-0.3, -0.25) is 4.79 Å². The third kappa shape index (κ3) is 4.58. The predicted octanol–water partition coefficient (Wildman–Crippen LogP) is 5.13. The highest BCUT2D eigenvalue weighted by Crippen LogP contribution is 2.37. The summed E-state index contributed by atoms with van der Waals surface area (Å²) in [5.41, 5.74) is 3.21. The van der Waals surface area contributed by atoms with Gasteiger partial charge in [-0.2, -0.15) is 4.98 Å². The Kier molecular flexibility index (Phi) is 6.15. The first-order valence-corrected chi connectivity index (χ1v) is 11.2. The number of methoxy groups -OCH3 is 2. The number of carbonyl (C=O) groups excluding carboxylic acids is 1. The molecule has 0 radical (unpaired) electrons. The minimum absolute atomic E-state index is 0.0663. The first kappa shape index (κ1) is 22.8. The average molecular weight is 450 g/mol. The molecule has 1 amide bonds. The monoisotopic (exact) mass is 449 g/mol. The summed E-state index contributed by atoms with van der Waals surface area (Å²) in [6, 6.07) is 13.8. The number of nitrogens with zero attached hydrogens (tertiary/aromatic N) is 3. The summed E-state index contributed by atoms with van der Waals surface area (Å²) in [7, 11) is 3.21. The van der Waals surface area contributed by atoms with Crippen molar-refractivity contribution in [2.75, 3.05) is 20.8 Å². The molecule has 2 heterocycles. The van der Waals surface area contributed by atoms with Crippen molar-refractivity contribution in [1.82, 2.24) is 15.0 Å². The van der Waals surface area contributed by atoms with E-state index in [9.17, 15) is 4.79 Å². The Hall–Kier alpha value is -3.35. The molecule has 0 spiro atoms. The van der Waals surface area contributed by atoms with Crippen molar-refractivity contribution < 1.29 is 18.8 Å². The van der Waals surface area contributed by atoms with E-state index in [0.717, 1.165) is 11.1 Å². The Bertz CT molecular complexity index is 1130. The van der Waals surface area contributed by atoms with Crippen molar-refractivity contribution in [2.24, 2.45) is 0 Å². The molecule has 1 aliphatic rings.